The van der Waals surface area contributed by atoms with Crippen LogP contribution in [0.4, 0.5) is 17.8 Å². The van der Waals surface area contributed by atoms with E-state index < -0.39 is 6.10 Å². The van der Waals surface area contributed by atoms with Gasteiger partial charge in [-0.25, -0.2) is 9.98 Å². The van der Waals surface area contributed by atoms with Gasteiger partial charge in [-0.2, -0.15) is 15.0 Å². The summed E-state index contributed by atoms with van der Waals surface area (Å²) in [6.07, 6.45) is 1.26. The Hall–Kier alpha value is -3.27. The molecule has 9 nitrogen and oxygen atoms in total. The van der Waals surface area contributed by atoms with E-state index in [-0.39, 0.29) is 34.9 Å². The van der Waals surface area contributed by atoms with Gasteiger partial charge >= 0.3 is 0 Å². The first-order valence-corrected chi connectivity index (χ1v) is 8.82. The van der Waals surface area contributed by atoms with Gasteiger partial charge in [0.05, 0.1) is 10.0 Å². The molecule has 1 heterocycles. The number of halogens is 2. The van der Waals surface area contributed by atoms with Crippen LogP contribution in [0.15, 0.2) is 46.4 Å². The zero-order chi connectivity index (χ0) is 21.0. The molecule has 2 aromatic carbocycles. The van der Waals surface area contributed by atoms with E-state index in [1.54, 1.807) is 18.2 Å². The van der Waals surface area contributed by atoms with Crippen LogP contribution < -0.4 is 5.73 Å². The first-order chi connectivity index (χ1) is 13.8. The van der Waals surface area contributed by atoms with Gasteiger partial charge in [0.25, 0.3) is 11.9 Å². The summed E-state index contributed by atoms with van der Waals surface area (Å²) in [5.41, 5.74) is 6.36. The molecule has 3 rings (SSSR count). The average molecular weight is 433 g/mol. The fraction of sp³-hybridized carbons (Fsp3) is 0.0556. The Morgan fingerprint density at radius 3 is 2.14 bits per heavy atom. The number of nitrogens with two attached hydrogens (primary N) is 1. The Morgan fingerprint density at radius 2 is 1.52 bits per heavy atom. The predicted octanol–water partition coefficient (Wildman–Crippen LogP) is 3.36. The Bertz CT molecular complexity index is 1070. The molecule has 3 aromatic rings. The summed E-state index contributed by atoms with van der Waals surface area (Å²) < 4.78 is 0. The van der Waals surface area contributed by atoms with Gasteiger partial charge in [-0.3, -0.25) is 0 Å². The van der Waals surface area contributed by atoms with Crippen molar-refractivity contribution in [1.82, 2.24) is 15.0 Å². The summed E-state index contributed by atoms with van der Waals surface area (Å²) >= 11 is 12.2. The second-order valence-corrected chi connectivity index (χ2v) is 6.51. The molecule has 0 radical (unpaired) electrons. The third-order valence-electron chi connectivity index (χ3n) is 3.54. The number of nitrogens with zero attached hydrogens (tertiary/aromatic N) is 5. The third kappa shape index (κ3) is 5.38. The molecule has 0 aliphatic rings. The van der Waals surface area contributed by atoms with Crippen molar-refractivity contribution in [3.8, 4) is 11.5 Å². The van der Waals surface area contributed by atoms with Crippen LogP contribution in [0.2, 0.25) is 10.0 Å². The molecule has 0 saturated heterocycles. The minimum atomic E-state index is -1.24. The average Bonchev–Trinajstić information content (AvgIpc) is 2.64. The lowest BCUT2D eigenvalue weighted by Crippen LogP contribution is -2.00. The molecule has 0 bridgehead atoms. The molecule has 1 unspecified atom stereocenters. The molecule has 148 valence electrons. The highest BCUT2D eigenvalue weighted by molar-refractivity contribution is 6.38. The molecule has 0 fully saturated rings. The molecular formula is C18H14Cl2N6O3. The van der Waals surface area contributed by atoms with E-state index in [4.69, 9.17) is 28.9 Å². The molecule has 0 saturated carbocycles. The fourth-order valence-corrected chi connectivity index (χ4v) is 2.75. The predicted molar refractivity (Wildman–Crippen MR) is 111 cm³/mol. The van der Waals surface area contributed by atoms with Crippen molar-refractivity contribution in [1.29, 1.82) is 0 Å². The van der Waals surface area contributed by atoms with Crippen LogP contribution in [0.5, 0.6) is 11.5 Å². The number of aliphatic hydroxyl groups excluding tert-OH is 1. The van der Waals surface area contributed by atoms with E-state index in [0.29, 0.717) is 15.6 Å². The van der Waals surface area contributed by atoms with E-state index >= 15 is 0 Å². The first kappa shape index (κ1) is 20.5. The second-order valence-electron chi connectivity index (χ2n) is 5.69. The summed E-state index contributed by atoms with van der Waals surface area (Å²) in [7, 11) is 0. The number of phenols is 2. The van der Waals surface area contributed by atoms with Crippen LogP contribution in [0.1, 0.15) is 17.2 Å². The monoisotopic (exact) mass is 432 g/mol. The van der Waals surface area contributed by atoms with E-state index in [2.05, 4.69) is 24.9 Å². The Kier molecular flexibility index (Phi) is 6.23. The van der Waals surface area contributed by atoms with Crippen molar-refractivity contribution in [2.45, 2.75) is 6.10 Å². The van der Waals surface area contributed by atoms with E-state index in [9.17, 15) is 15.3 Å². The summed E-state index contributed by atoms with van der Waals surface area (Å²) in [6.45, 7) is 0. The third-order valence-corrected chi connectivity index (χ3v) is 4.19. The largest absolute Gasteiger partial charge is 0.508 e. The summed E-state index contributed by atoms with van der Waals surface area (Å²) in [5.74, 6) is -0.670. The van der Waals surface area contributed by atoms with Gasteiger partial charge in [0, 0.05) is 24.1 Å². The van der Waals surface area contributed by atoms with Gasteiger partial charge < -0.3 is 21.1 Å². The zero-order valence-electron chi connectivity index (χ0n) is 14.6. The van der Waals surface area contributed by atoms with E-state index in [0.717, 1.165) is 12.3 Å². The molecule has 11 heteroatoms. The van der Waals surface area contributed by atoms with Crippen LogP contribution in [0, 0.1) is 0 Å². The highest BCUT2D eigenvalue weighted by atomic mass is 35.5. The van der Waals surface area contributed by atoms with Gasteiger partial charge in [0.1, 0.15) is 17.6 Å². The van der Waals surface area contributed by atoms with Crippen LogP contribution in [-0.2, 0) is 0 Å². The maximum absolute atomic E-state index is 10.1. The lowest BCUT2D eigenvalue weighted by Gasteiger charge is -2.06. The Balaban J connectivity index is 1.83. The first-order valence-electron chi connectivity index (χ1n) is 8.06. The molecule has 5 N–H and O–H groups in total. The number of benzene rings is 2. The molecule has 0 spiro atoms. The van der Waals surface area contributed by atoms with Crippen LogP contribution in [0.3, 0.4) is 0 Å². The second kappa shape index (κ2) is 8.82. The number of anilines is 1. The maximum atomic E-state index is 10.1. The number of hydrogen-bond acceptors (Lipinski definition) is 9. The number of aliphatic hydroxyl groups is 1. The standard InChI is InChI=1S/C18H14Cl2N6O3/c19-13-2-1-3-14(20)12(13)7-22-17-24-16(21)25-18(26-17)23-8-15(29)9-4-10(27)6-11(28)5-9/h1-8,15,27-29H,(H2,21,24,25,26)/b22-7+,23-8+. The summed E-state index contributed by atoms with van der Waals surface area (Å²) in [5, 5.41) is 29.9. The van der Waals surface area contributed by atoms with E-state index in [1.807, 2.05) is 0 Å². The Labute approximate surface area is 174 Å². The zero-order valence-corrected chi connectivity index (χ0v) is 16.1. The van der Waals surface area contributed by atoms with Gasteiger partial charge in [-0.15, -0.1) is 0 Å². The lowest BCUT2D eigenvalue weighted by atomic mass is 10.1. The van der Waals surface area contributed by atoms with Gasteiger partial charge in [-0.05, 0) is 29.8 Å². The van der Waals surface area contributed by atoms with Gasteiger partial charge in [-0.1, -0.05) is 29.3 Å². The maximum Gasteiger partial charge on any atom is 0.256 e. The minimum absolute atomic E-state index is 0.0369. The van der Waals surface area contributed by atoms with Crippen molar-refractivity contribution >= 4 is 53.5 Å². The number of aromatic hydroxyl groups is 2. The molecule has 0 aliphatic carbocycles. The smallest absolute Gasteiger partial charge is 0.256 e. The minimum Gasteiger partial charge on any atom is -0.508 e. The summed E-state index contributed by atoms with van der Waals surface area (Å²) in [4.78, 5) is 19.8. The lowest BCUT2D eigenvalue weighted by molar-refractivity contribution is 0.251. The van der Waals surface area contributed by atoms with Crippen LogP contribution in [0.25, 0.3) is 0 Å². The fourth-order valence-electron chi connectivity index (χ4n) is 2.25. The van der Waals surface area contributed by atoms with Crippen molar-refractivity contribution in [3.05, 3.63) is 57.6 Å². The SMILES string of the molecule is Nc1nc(/N=C/c2c(Cl)cccc2Cl)nc(/N=C/C(O)c2cc(O)cc(O)c2)n1. The van der Waals surface area contributed by atoms with Gasteiger partial charge in [0.15, 0.2) is 0 Å². The van der Waals surface area contributed by atoms with Crippen molar-refractivity contribution in [2.24, 2.45) is 9.98 Å². The number of aromatic nitrogens is 3. The molecule has 0 amide bonds. The highest BCUT2D eigenvalue weighted by Crippen LogP contribution is 2.25. The highest BCUT2D eigenvalue weighted by Gasteiger charge is 2.09. The molecular weight excluding hydrogens is 419 g/mol. The van der Waals surface area contributed by atoms with Crippen molar-refractivity contribution in [3.63, 3.8) is 0 Å². The number of rotatable bonds is 5. The van der Waals surface area contributed by atoms with Crippen LogP contribution in [-0.4, -0.2) is 42.7 Å². The number of hydrogen-bond donors (Lipinski definition) is 4. The number of nitrogen functional groups attached to an aromatic ring is 1. The molecule has 0 aliphatic heterocycles. The quantitative estimate of drug-likeness (QED) is 0.451. The summed E-state index contributed by atoms with van der Waals surface area (Å²) in [6, 6.07) is 8.71. The molecule has 1 atom stereocenters. The Morgan fingerprint density at radius 1 is 0.931 bits per heavy atom. The molecule has 29 heavy (non-hydrogen) atoms. The van der Waals surface area contributed by atoms with Crippen molar-refractivity contribution < 1.29 is 15.3 Å². The van der Waals surface area contributed by atoms with Crippen LogP contribution >= 0.6 is 23.2 Å². The topological polar surface area (TPSA) is 150 Å². The number of aliphatic imine (C=N–C) groups is 2. The molecule has 1 aromatic heterocycles. The van der Waals surface area contributed by atoms with Gasteiger partial charge in [0.2, 0.25) is 5.95 Å². The van der Waals surface area contributed by atoms with Crippen molar-refractivity contribution in [2.75, 3.05) is 5.73 Å². The number of phenolic OH excluding ortho intramolecular Hbond substituents is 2. The van der Waals surface area contributed by atoms with E-state index in [1.165, 1.54) is 18.3 Å². The normalized spacial score (nSPS) is 12.7.